The molecule has 1 amide bonds. The lowest BCUT2D eigenvalue weighted by molar-refractivity contribution is -0.139. The van der Waals surface area contributed by atoms with Crippen LogP contribution in [0.15, 0.2) is 59.6 Å². The van der Waals surface area contributed by atoms with Crippen LogP contribution in [-0.2, 0) is 16.0 Å². The van der Waals surface area contributed by atoms with Crippen molar-refractivity contribution in [3.8, 4) is 0 Å². The second kappa shape index (κ2) is 7.08. The number of carbonyl (C=O) groups is 2. The van der Waals surface area contributed by atoms with Crippen molar-refractivity contribution in [2.45, 2.75) is 18.9 Å². The molecule has 0 bridgehead atoms. The second-order valence-corrected chi connectivity index (χ2v) is 5.70. The predicted octanol–water partition coefficient (Wildman–Crippen LogP) is 2.54. The van der Waals surface area contributed by atoms with E-state index in [-0.39, 0.29) is 6.42 Å². The maximum Gasteiger partial charge on any atom is 0.305 e. The van der Waals surface area contributed by atoms with E-state index in [4.69, 9.17) is 0 Å². The highest BCUT2D eigenvalue weighted by molar-refractivity contribution is 6.03. The molecule has 0 aliphatic carbocycles. The summed E-state index contributed by atoms with van der Waals surface area (Å²) in [6.45, 7) is 0.550. The summed E-state index contributed by atoms with van der Waals surface area (Å²) in [5.41, 5.74) is 2.81. The van der Waals surface area contributed by atoms with Gasteiger partial charge in [0, 0.05) is 24.0 Å². The Morgan fingerprint density at radius 2 is 1.79 bits per heavy atom. The van der Waals surface area contributed by atoms with Crippen LogP contribution < -0.4 is 4.90 Å². The highest BCUT2D eigenvalue weighted by Gasteiger charge is 2.31. The molecule has 0 saturated heterocycles. The van der Waals surface area contributed by atoms with E-state index < -0.39 is 17.9 Å². The van der Waals surface area contributed by atoms with Gasteiger partial charge in [-0.2, -0.15) is 0 Å². The minimum absolute atomic E-state index is 0.265. The lowest BCUT2D eigenvalue weighted by atomic mass is 10.1. The largest absolute Gasteiger partial charge is 0.481 e. The molecule has 5 heteroatoms. The third-order valence-corrected chi connectivity index (χ3v) is 4.09. The van der Waals surface area contributed by atoms with Gasteiger partial charge in [0.25, 0.3) is 5.91 Å². The second-order valence-electron chi connectivity index (χ2n) is 5.70. The highest BCUT2D eigenvalue weighted by atomic mass is 16.4. The van der Waals surface area contributed by atoms with Gasteiger partial charge in [-0.15, -0.1) is 0 Å². The van der Waals surface area contributed by atoms with E-state index >= 15 is 0 Å². The molecule has 2 aromatic carbocycles. The Bertz CT molecular complexity index is 771. The topological polar surface area (TPSA) is 70.0 Å². The van der Waals surface area contributed by atoms with Crippen molar-refractivity contribution in [1.29, 1.82) is 0 Å². The third-order valence-electron chi connectivity index (χ3n) is 4.09. The molecule has 2 aromatic rings. The maximum absolute atomic E-state index is 12.3. The third kappa shape index (κ3) is 3.51. The summed E-state index contributed by atoms with van der Waals surface area (Å²) in [7, 11) is 0. The molecule has 3 rings (SSSR count). The van der Waals surface area contributed by atoms with E-state index in [1.807, 2.05) is 59.5 Å². The molecule has 24 heavy (non-hydrogen) atoms. The van der Waals surface area contributed by atoms with Gasteiger partial charge >= 0.3 is 5.97 Å². The van der Waals surface area contributed by atoms with E-state index in [0.717, 1.165) is 23.2 Å². The normalized spacial score (nSPS) is 16.6. The summed E-state index contributed by atoms with van der Waals surface area (Å²) in [5.74, 6) is -1.42. The van der Waals surface area contributed by atoms with Gasteiger partial charge in [0.2, 0.25) is 0 Å². The Balaban J connectivity index is 1.93. The molecule has 0 aromatic heterocycles. The van der Waals surface area contributed by atoms with Crippen molar-refractivity contribution in [3.63, 3.8) is 0 Å². The molecule has 1 heterocycles. The fraction of sp³-hybridized carbons (Fsp3) is 0.211. The number of para-hydroxylation sites is 1. The first-order chi connectivity index (χ1) is 11.6. The molecule has 1 unspecified atom stereocenters. The van der Waals surface area contributed by atoms with E-state index in [9.17, 15) is 14.7 Å². The van der Waals surface area contributed by atoms with Crippen molar-refractivity contribution in [2.24, 2.45) is 4.99 Å². The van der Waals surface area contributed by atoms with Crippen LogP contribution in [0.3, 0.4) is 0 Å². The fourth-order valence-corrected chi connectivity index (χ4v) is 2.91. The fourth-order valence-electron chi connectivity index (χ4n) is 2.91. The van der Waals surface area contributed by atoms with E-state index in [2.05, 4.69) is 4.99 Å². The summed E-state index contributed by atoms with van der Waals surface area (Å²) in [4.78, 5) is 29.4. The van der Waals surface area contributed by atoms with Crippen molar-refractivity contribution in [2.75, 3.05) is 11.4 Å². The highest BCUT2D eigenvalue weighted by Crippen LogP contribution is 2.26. The SMILES string of the molecule is O=C(O)CC1C(=O)N=Cc2ccccc2N1CCc1ccccc1. The van der Waals surface area contributed by atoms with Crippen molar-refractivity contribution in [3.05, 3.63) is 65.7 Å². The number of benzene rings is 2. The number of carboxylic acids is 1. The molecule has 0 spiro atoms. The molecule has 1 aliphatic heterocycles. The Labute approximate surface area is 140 Å². The minimum atomic E-state index is -1.01. The van der Waals surface area contributed by atoms with Gasteiger partial charge in [0.05, 0.1) is 6.42 Å². The summed E-state index contributed by atoms with van der Waals surface area (Å²) in [6.07, 6.45) is 1.98. The van der Waals surface area contributed by atoms with Gasteiger partial charge in [-0.25, -0.2) is 4.99 Å². The molecule has 122 valence electrons. The maximum atomic E-state index is 12.3. The molecule has 0 saturated carbocycles. The van der Waals surface area contributed by atoms with Crippen LogP contribution in [0.25, 0.3) is 0 Å². The van der Waals surface area contributed by atoms with Gasteiger partial charge in [-0.3, -0.25) is 9.59 Å². The lowest BCUT2D eigenvalue weighted by Crippen LogP contribution is -2.43. The first kappa shape index (κ1) is 15.9. The zero-order valence-electron chi connectivity index (χ0n) is 13.1. The van der Waals surface area contributed by atoms with Gasteiger partial charge in [0.15, 0.2) is 0 Å². The average Bonchev–Trinajstić information content (AvgIpc) is 2.72. The number of carbonyl (C=O) groups excluding carboxylic acids is 1. The zero-order chi connectivity index (χ0) is 16.9. The average molecular weight is 322 g/mol. The number of rotatable bonds is 5. The van der Waals surface area contributed by atoms with Gasteiger partial charge < -0.3 is 10.0 Å². The van der Waals surface area contributed by atoms with Crippen LogP contribution >= 0.6 is 0 Å². The van der Waals surface area contributed by atoms with Gasteiger partial charge in [-0.05, 0) is 18.1 Å². The van der Waals surface area contributed by atoms with Crippen LogP contribution in [-0.4, -0.2) is 35.8 Å². The van der Waals surface area contributed by atoms with Crippen LogP contribution in [0, 0.1) is 0 Å². The Morgan fingerprint density at radius 3 is 2.54 bits per heavy atom. The van der Waals surface area contributed by atoms with Gasteiger partial charge in [-0.1, -0.05) is 48.5 Å². The first-order valence-corrected chi connectivity index (χ1v) is 7.84. The summed E-state index contributed by atoms with van der Waals surface area (Å²) in [5, 5.41) is 9.20. The number of amides is 1. The first-order valence-electron chi connectivity index (χ1n) is 7.84. The van der Waals surface area contributed by atoms with Crippen LogP contribution in [0.4, 0.5) is 5.69 Å². The Hall–Kier alpha value is -2.95. The number of hydrogen-bond donors (Lipinski definition) is 1. The number of carboxylic acid groups (broad SMARTS) is 1. The standard InChI is InChI=1S/C19H18N2O3/c22-18(23)12-17-19(24)20-13-15-8-4-5-9-16(15)21(17)11-10-14-6-2-1-3-7-14/h1-9,13,17H,10-12H2,(H,22,23). The molecule has 0 radical (unpaired) electrons. The lowest BCUT2D eigenvalue weighted by Gasteiger charge is -2.30. The Morgan fingerprint density at radius 1 is 1.08 bits per heavy atom. The molecule has 0 fully saturated rings. The molecular weight excluding hydrogens is 304 g/mol. The van der Waals surface area contributed by atoms with E-state index in [0.29, 0.717) is 6.54 Å². The van der Waals surface area contributed by atoms with Crippen LogP contribution in [0.5, 0.6) is 0 Å². The Kier molecular flexibility index (Phi) is 4.70. The number of benzodiazepines with no additional fused rings is 1. The number of aliphatic imine (C=N–C) groups is 1. The predicted molar refractivity (Wildman–Crippen MR) is 92.6 cm³/mol. The molecule has 1 N–H and O–H groups in total. The number of nitrogens with zero attached hydrogens (tertiary/aromatic N) is 2. The minimum Gasteiger partial charge on any atom is -0.481 e. The number of hydrogen-bond acceptors (Lipinski definition) is 3. The molecule has 1 atom stereocenters. The molecule has 1 aliphatic rings. The monoisotopic (exact) mass is 322 g/mol. The summed E-state index contributed by atoms with van der Waals surface area (Å²) in [6, 6.07) is 16.7. The number of fused-ring (bicyclic) bond motifs is 1. The summed E-state index contributed by atoms with van der Waals surface area (Å²) >= 11 is 0. The van der Waals surface area contributed by atoms with E-state index in [1.165, 1.54) is 6.21 Å². The smallest absolute Gasteiger partial charge is 0.305 e. The van der Waals surface area contributed by atoms with E-state index in [1.54, 1.807) is 0 Å². The quantitative estimate of drug-likeness (QED) is 0.918. The van der Waals surface area contributed by atoms with Crippen molar-refractivity contribution >= 4 is 23.8 Å². The van der Waals surface area contributed by atoms with Crippen LogP contribution in [0.2, 0.25) is 0 Å². The molecular formula is C19H18N2O3. The van der Waals surface area contributed by atoms with Crippen molar-refractivity contribution < 1.29 is 14.7 Å². The zero-order valence-corrected chi connectivity index (χ0v) is 13.1. The summed E-state index contributed by atoms with van der Waals surface area (Å²) < 4.78 is 0. The van der Waals surface area contributed by atoms with Crippen molar-refractivity contribution in [1.82, 2.24) is 0 Å². The van der Waals surface area contributed by atoms with Gasteiger partial charge in [0.1, 0.15) is 6.04 Å². The molecule has 5 nitrogen and oxygen atoms in total. The number of anilines is 1. The number of aliphatic carboxylic acids is 1. The van der Waals surface area contributed by atoms with Crippen LogP contribution in [0.1, 0.15) is 17.5 Å².